The zero-order chi connectivity index (χ0) is 12.3. The largest absolute Gasteiger partial charge is 0.388 e. The Balaban J connectivity index is 1.73. The molecule has 0 aromatic carbocycles. The van der Waals surface area contributed by atoms with E-state index in [-0.39, 0.29) is 0 Å². The molecule has 2 N–H and O–H groups in total. The maximum absolute atomic E-state index is 9.99. The van der Waals surface area contributed by atoms with Gasteiger partial charge in [-0.15, -0.1) is 11.3 Å². The van der Waals surface area contributed by atoms with Gasteiger partial charge in [0.15, 0.2) is 0 Å². The van der Waals surface area contributed by atoms with Gasteiger partial charge in [0, 0.05) is 30.1 Å². The van der Waals surface area contributed by atoms with E-state index in [0.29, 0.717) is 6.54 Å². The maximum Gasteiger partial charge on any atom is 0.0959 e. The first-order valence-corrected chi connectivity index (χ1v) is 8.24. The van der Waals surface area contributed by atoms with Crippen LogP contribution in [-0.2, 0) is 6.54 Å². The second-order valence-corrected chi connectivity index (χ2v) is 6.74. The number of thioether (sulfide) groups is 1. The van der Waals surface area contributed by atoms with E-state index in [9.17, 15) is 5.11 Å². The minimum absolute atomic E-state index is 0.615. The number of aromatic nitrogens is 1. The summed E-state index contributed by atoms with van der Waals surface area (Å²) in [5, 5.41) is 16.7. The molecule has 5 heteroatoms. The summed E-state index contributed by atoms with van der Waals surface area (Å²) in [4.78, 5) is 4.61. The van der Waals surface area contributed by atoms with Crippen LogP contribution in [0, 0.1) is 0 Å². The van der Waals surface area contributed by atoms with Crippen molar-refractivity contribution < 1.29 is 5.11 Å². The number of hydrogen-bond acceptors (Lipinski definition) is 5. The molecule has 2 rings (SSSR count). The van der Waals surface area contributed by atoms with E-state index in [2.05, 4.69) is 15.7 Å². The average Bonchev–Trinajstić information content (AvgIpc) is 2.99. The quantitative estimate of drug-likeness (QED) is 0.799. The predicted octanol–water partition coefficient (Wildman–Crippen LogP) is 2.22. The SMILES string of the molecule is CSCC(C)(O)CNCc1csc(C2CC2)n1. The Hall–Kier alpha value is -0.100. The summed E-state index contributed by atoms with van der Waals surface area (Å²) >= 11 is 3.44. The highest BCUT2D eigenvalue weighted by atomic mass is 32.2. The molecule has 0 amide bonds. The zero-order valence-corrected chi connectivity index (χ0v) is 12.0. The third kappa shape index (κ3) is 4.25. The van der Waals surface area contributed by atoms with Crippen LogP contribution < -0.4 is 5.32 Å². The van der Waals surface area contributed by atoms with Crippen molar-refractivity contribution in [3.8, 4) is 0 Å². The van der Waals surface area contributed by atoms with Crippen molar-refractivity contribution in [2.75, 3.05) is 18.6 Å². The normalized spacial score (nSPS) is 19.2. The Morgan fingerprint density at radius 3 is 3.06 bits per heavy atom. The van der Waals surface area contributed by atoms with Crippen molar-refractivity contribution in [1.29, 1.82) is 0 Å². The molecule has 1 fully saturated rings. The van der Waals surface area contributed by atoms with Gasteiger partial charge in [-0.1, -0.05) is 0 Å². The third-order valence-electron chi connectivity index (χ3n) is 2.76. The first kappa shape index (κ1) is 13.3. The summed E-state index contributed by atoms with van der Waals surface area (Å²) in [7, 11) is 0. The molecule has 3 nitrogen and oxygen atoms in total. The monoisotopic (exact) mass is 272 g/mol. The zero-order valence-electron chi connectivity index (χ0n) is 10.4. The molecule has 1 unspecified atom stereocenters. The van der Waals surface area contributed by atoms with E-state index in [1.54, 1.807) is 23.1 Å². The molecule has 0 aliphatic heterocycles. The molecule has 0 bridgehead atoms. The van der Waals surface area contributed by atoms with Gasteiger partial charge in [-0.2, -0.15) is 11.8 Å². The van der Waals surface area contributed by atoms with Gasteiger partial charge in [-0.3, -0.25) is 0 Å². The lowest BCUT2D eigenvalue weighted by atomic mass is 10.1. The van der Waals surface area contributed by atoms with Crippen molar-refractivity contribution >= 4 is 23.1 Å². The third-order valence-corrected chi connectivity index (χ3v) is 4.73. The molecule has 1 heterocycles. The Bertz CT molecular complexity index is 361. The Morgan fingerprint density at radius 2 is 2.41 bits per heavy atom. The van der Waals surface area contributed by atoms with Gasteiger partial charge >= 0.3 is 0 Å². The summed E-state index contributed by atoms with van der Waals surface area (Å²) in [5.41, 5.74) is 0.478. The van der Waals surface area contributed by atoms with Crippen molar-refractivity contribution in [2.45, 2.75) is 37.8 Å². The van der Waals surface area contributed by atoms with Crippen LogP contribution in [-0.4, -0.2) is 34.2 Å². The van der Waals surface area contributed by atoms with E-state index in [1.165, 1.54) is 17.8 Å². The highest BCUT2D eigenvalue weighted by molar-refractivity contribution is 7.98. The summed E-state index contributed by atoms with van der Waals surface area (Å²) < 4.78 is 0. The number of rotatable bonds is 7. The molecule has 0 radical (unpaired) electrons. The summed E-state index contributed by atoms with van der Waals surface area (Å²) in [6, 6.07) is 0. The minimum Gasteiger partial charge on any atom is -0.388 e. The predicted molar refractivity (Wildman–Crippen MR) is 74.8 cm³/mol. The first-order chi connectivity index (χ1) is 8.11. The van der Waals surface area contributed by atoms with Crippen molar-refractivity contribution in [2.24, 2.45) is 0 Å². The number of nitrogens with zero attached hydrogens (tertiary/aromatic N) is 1. The van der Waals surface area contributed by atoms with E-state index in [1.807, 2.05) is 13.2 Å². The lowest BCUT2D eigenvalue weighted by Crippen LogP contribution is -2.39. The van der Waals surface area contributed by atoms with Crippen LogP contribution in [0.25, 0.3) is 0 Å². The highest BCUT2D eigenvalue weighted by Crippen LogP contribution is 2.41. The van der Waals surface area contributed by atoms with Crippen molar-refractivity contribution in [1.82, 2.24) is 10.3 Å². The van der Waals surface area contributed by atoms with Crippen molar-refractivity contribution in [3.05, 3.63) is 16.1 Å². The molecule has 1 aromatic heterocycles. The molecule has 0 saturated heterocycles. The summed E-state index contributed by atoms with van der Waals surface area (Å²) in [6.07, 6.45) is 4.63. The lowest BCUT2D eigenvalue weighted by Gasteiger charge is -2.22. The topological polar surface area (TPSA) is 45.1 Å². The number of thiazole rings is 1. The van der Waals surface area contributed by atoms with E-state index in [0.717, 1.165) is 23.9 Å². The molecule has 1 aromatic rings. The lowest BCUT2D eigenvalue weighted by molar-refractivity contribution is 0.0845. The van der Waals surface area contributed by atoms with E-state index in [4.69, 9.17) is 0 Å². The van der Waals surface area contributed by atoms with Crippen LogP contribution in [0.3, 0.4) is 0 Å². The molecule has 96 valence electrons. The van der Waals surface area contributed by atoms with Crippen LogP contribution in [0.15, 0.2) is 5.38 Å². The van der Waals surface area contributed by atoms with Gasteiger partial charge in [-0.05, 0) is 26.0 Å². The average molecular weight is 272 g/mol. The van der Waals surface area contributed by atoms with Gasteiger partial charge in [-0.25, -0.2) is 4.98 Å². The Morgan fingerprint density at radius 1 is 1.65 bits per heavy atom. The Kier molecular flexibility index (Phi) is 4.47. The molecule has 1 aliphatic carbocycles. The van der Waals surface area contributed by atoms with Gasteiger partial charge < -0.3 is 10.4 Å². The van der Waals surface area contributed by atoms with Crippen LogP contribution >= 0.6 is 23.1 Å². The fraction of sp³-hybridized carbons (Fsp3) is 0.750. The summed E-state index contributed by atoms with van der Waals surface area (Å²) in [5.74, 6) is 1.50. The second-order valence-electron chi connectivity index (χ2n) is 4.98. The molecule has 1 atom stereocenters. The first-order valence-electron chi connectivity index (χ1n) is 5.97. The second kappa shape index (κ2) is 5.69. The van der Waals surface area contributed by atoms with Gasteiger partial charge in [0.05, 0.1) is 16.3 Å². The van der Waals surface area contributed by atoms with Crippen LogP contribution in [0.4, 0.5) is 0 Å². The van der Waals surface area contributed by atoms with Gasteiger partial charge in [0.25, 0.3) is 0 Å². The fourth-order valence-corrected chi connectivity index (χ4v) is 3.46. The summed E-state index contributed by atoms with van der Waals surface area (Å²) in [6.45, 7) is 3.24. The number of aliphatic hydroxyl groups is 1. The van der Waals surface area contributed by atoms with E-state index >= 15 is 0 Å². The molecular weight excluding hydrogens is 252 g/mol. The number of nitrogens with one attached hydrogen (secondary N) is 1. The highest BCUT2D eigenvalue weighted by Gasteiger charge is 2.26. The van der Waals surface area contributed by atoms with Crippen molar-refractivity contribution in [3.63, 3.8) is 0 Å². The minimum atomic E-state index is -0.630. The molecular formula is C12H20N2OS2. The van der Waals surface area contributed by atoms with Crippen LogP contribution in [0.2, 0.25) is 0 Å². The van der Waals surface area contributed by atoms with Crippen LogP contribution in [0.1, 0.15) is 36.4 Å². The maximum atomic E-state index is 9.99. The van der Waals surface area contributed by atoms with Gasteiger partial charge in [0.2, 0.25) is 0 Å². The van der Waals surface area contributed by atoms with Crippen LogP contribution in [0.5, 0.6) is 0 Å². The van der Waals surface area contributed by atoms with Gasteiger partial charge in [0.1, 0.15) is 0 Å². The molecule has 1 aliphatic rings. The molecule has 0 spiro atoms. The smallest absolute Gasteiger partial charge is 0.0959 e. The van der Waals surface area contributed by atoms with E-state index < -0.39 is 5.60 Å². The standard InChI is InChI=1S/C12H20N2OS2/c1-12(15,8-16-2)7-13-5-10-6-17-11(14-10)9-3-4-9/h6,9,13,15H,3-5,7-8H2,1-2H3. The molecule has 1 saturated carbocycles. The number of hydrogen-bond donors (Lipinski definition) is 2. The molecule has 17 heavy (non-hydrogen) atoms. The fourth-order valence-electron chi connectivity index (χ4n) is 1.74. The Labute approximate surface area is 111 Å².